The maximum atomic E-state index is 6.21. The molecule has 0 aliphatic carbocycles. The van der Waals surface area contributed by atoms with Crippen LogP contribution in [0.2, 0.25) is 13.1 Å². The number of anilines is 1. The number of nitrogens with two attached hydrogens (primary N) is 1. The first-order valence-corrected chi connectivity index (χ1v) is 8.71. The Labute approximate surface area is 105 Å². The van der Waals surface area contributed by atoms with E-state index in [9.17, 15) is 0 Å². The summed E-state index contributed by atoms with van der Waals surface area (Å²) in [6.07, 6.45) is 0. The molecule has 0 aromatic heterocycles. The second kappa shape index (κ2) is 4.70. The van der Waals surface area contributed by atoms with Crippen molar-refractivity contribution in [2.75, 3.05) is 12.8 Å². The van der Waals surface area contributed by atoms with Crippen molar-refractivity contribution < 1.29 is 9.16 Å². The van der Waals surface area contributed by atoms with E-state index in [1.807, 2.05) is 18.2 Å². The number of hydrogen-bond donors (Lipinski definition) is 1. The minimum Gasteiger partial charge on any atom is -0.497 e. The molecule has 0 aliphatic rings. The number of ether oxygens (including phenoxy) is 1. The van der Waals surface area contributed by atoms with E-state index in [0.717, 1.165) is 16.6 Å². The Morgan fingerprint density at radius 1 is 1.18 bits per heavy atom. The fourth-order valence-corrected chi connectivity index (χ4v) is 4.95. The molecule has 0 amide bonds. The molecule has 0 saturated heterocycles. The van der Waals surface area contributed by atoms with Gasteiger partial charge in [-0.2, -0.15) is 0 Å². The summed E-state index contributed by atoms with van der Waals surface area (Å²) in [5, 5.41) is 1.11. The summed E-state index contributed by atoms with van der Waals surface area (Å²) in [4.78, 5) is 0. The molecule has 96 valence electrons. The van der Waals surface area contributed by atoms with Crippen LogP contribution in [0.3, 0.4) is 0 Å². The Kier molecular flexibility index (Phi) is 3.89. The van der Waals surface area contributed by atoms with Gasteiger partial charge in [0.1, 0.15) is 5.75 Å². The zero-order valence-corrected chi connectivity index (χ0v) is 12.6. The average Bonchev–Trinajstić information content (AvgIpc) is 2.14. The third-order valence-electron chi connectivity index (χ3n) is 2.43. The summed E-state index contributed by atoms with van der Waals surface area (Å²) < 4.78 is 11.6. The molecule has 0 radical (unpaired) electrons. The highest BCUT2D eigenvalue weighted by molar-refractivity contribution is 6.85. The molecule has 0 aliphatic heterocycles. The summed E-state index contributed by atoms with van der Waals surface area (Å²) in [6, 6.07) is 5.73. The first kappa shape index (κ1) is 14.1. The number of nitrogen functional groups attached to an aromatic ring is 1. The summed E-state index contributed by atoms with van der Waals surface area (Å²) in [6.45, 7) is 10.5. The van der Waals surface area contributed by atoms with Gasteiger partial charge in [-0.25, -0.2) is 0 Å². The van der Waals surface area contributed by atoms with Gasteiger partial charge in [0.15, 0.2) is 0 Å². The molecule has 0 heterocycles. The predicted octanol–water partition coefficient (Wildman–Crippen LogP) is 2.50. The van der Waals surface area contributed by atoms with Crippen molar-refractivity contribution in [1.82, 2.24) is 0 Å². The highest BCUT2D eigenvalue weighted by Gasteiger charge is 2.33. The zero-order valence-electron chi connectivity index (χ0n) is 11.6. The van der Waals surface area contributed by atoms with Gasteiger partial charge in [0.25, 0.3) is 0 Å². The molecule has 2 N–H and O–H groups in total. The van der Waals surface area contributed by atoms with E-state index < -0.39 is 8.32 Å². The Bertz CT molecular complexity index is 397. The van der Waals surface area contributed by atoms with E-state index in [-0.39, 0.29) is 5.60 Å². The molecule has 0 spiro atoms. The van der Waals surface area contributed by atoms with Crippen molar-refractivity contribution in [3.8, 4) is 5.75 Å². The number of hydrogen-bond acceptors (Lipinski definition) is 3. The van der Waals surface area contributed by atoms with Crippen LogP contribution in [-0.2, 0) is 4.43 Å². The normalized spacial score (nSPS) is 12.6. The molecule has 1 aromatic carbocycles. The summed E-state index contributed by atoms with van der Waals surface area (Å²) in [5.74, 6) is 0.861. The van der Waals surface area contributed by atoms with Crippen LogP contribution in [-0.4, -0.2) is 21.0 Å². The fourth-order valence-electron chi connectivity index (χ4n) is 2.02. The van der Waals surface area contributed by atoms with Crippen molar-refractivity contribution >= 4 is 19.2 Å². The summed E-state index contributed by atoms with van der Waals surface area (Å²) in [5.41, 5.74) is 6.44. The van der Waals surface area contributed by atoms with Crippen LogP contribution < -0.4 is 15.7 Å². The lowest BCUT2D eigenvalue weighted by atomic mass is 10.2. The molecule has 0 bridgehead atoms. The maximum Gasteiger partial charge on any atom is 0.222 e. The summed E-state index contributed by atoms with van der Waals surface area (Å²) in [7, 11) is -0.340. The van der Waals surface area contributed by atoms with Crippen molar-refractivity contribution in [2.24, 2.45) is 0 Å². The highest BCUT2D eigenvalue weighted by Crippen LogP contribution is 2.22. The quantitative estimate of drug-likeness (QED) is 0.665. The van der Waals surface area contributed by atoms with Crippen LogP contribution in [0.15, 0.2) is 18.2 Å². The molecule has 17 heavy (non-hydrogen) atoms. The molecule has 0 fully saturated rings. The van der Waals surface area contributed by atoms with Crippen LogP contribution in [0.5, 0.6) is 5.75 Å². The van der Waals surface area contributed by atoms with Gasteiger partial charge in [0.05, 0.1) is 7.11 Å². The van der Waals surface area contributed by atoms with Crippen LogP contribution in [0.25, 0.3) is 0 Å². The average molecular weight is 253 g/mol. The summed E-state index contributed by atoms with van der Waals surface area (Å²) >= 11 is 0. The first-order valence-electron chi connectivity index (χ1n) is 5.80. The first-order chi connectivity index (χ1) is 7.65. The second-order valence-electron chi connectivity index (χ2n) is 5.68. The lowest BCUT2D eigenvalue weighted by Gasteiger charge is -2.33. The van der Waals surface area contributed by atoms with E-state index in [2.05, 4.69) is 33.9 Å². The molecule has 0 saturated carbocycles. The largest absolute Gasteiger partial charge is 0.497 e. The SMILES string of the molecule is COc1ccc(N)cc1[Si](C)(C)OC(C)(C)C. The number of methoxy groups -OCH3 is 1. The van der Waals surface area contributed by atoms with Gasteiger partial charge in [0, 0.05) is 16.5 Å². The van der Waals surface area contributed by atoms with E-state index in [0.29, 0.717) is 0 Å². The van der Waals surface area contributed by atoms with E-state index in [1.54, 1.807) is 7.11 Å². The van der Waals surface area contributed by atoms with Gasteiger partial charge in [0.2, 0.25) is 8.32 Å². The van der Waals surface area contributed by atoms with Gasteiger partial charge in [-0.1, -0.05) is 0 Å². The molecule has 1 aromatic rings. The van der Waals surface area contributed by atoms with E-state index in [4.69, 9.17) is 14.9 Å². The molecule has 0 atom stereocenters. The standard InChI is InChI=1S/C13H23NO2Si/c1-13(2,3)16-17(5,6)12-9-10(14)7-8-11(12)15-4/h7-9H,14H2,1-6H3. The van der Waals surface area contributed by atoms with Gasteiger partial charge in [-0.05, 0) is 52.1 Å². The van der Waals surface area contributed by atoms with Gasteiger partial charge < -0.3 is 14.9 Å². The van der Waals surface area contributed by atoms with Crippen molar-refractivity contribution in [3.63, 3.8) is 0 Å². The van der Waals surface area contributed by atoms with Crippen LogP contribution in [0.1, 0.15) is 20.8 Å². The third kappa shape index (κ3) is 3.75. The Balaban J connectivity index is 3.17. The minimum absolute atomic E-state index is 0.161. The van der Waals surface area contributed by atoms with E-state index in [1.165, 1.54) is 0 Å². The second-order valence-corrected chi connectivity index (χ2v) is 9.45. The molecule has 3 nitrogen and oxygen atoms in total. The Hall–Kier alpha value is -1.00. The molecule has 1 rings (SSSR count). The van der Waals surface area contributed by atoms with Crippen molar-refractivity contribution in [3.05, 3.63) is 18.2 Å². The molecule has 4 heteroatoms. The lowest BCUT2D eigenvalue weighted by molar-refractivity contribution is 0.125. The van der Waals surface area contributed by atoms with E-state index >= 15 is 0 Å². The Morgan fingerprint density at radius 2 is 1.76 bits per heavy atom. The number of rotatable bonds is 3. The van der Waals surface area contributed by atoms with Gasteiger partial charge >= 0.3 is 0 Å². The fraction of sp³-hybridized carbons (Fsp3) is 0.538. The van der Waals surface area contributed by atoms with Crippen LogP contribution >= 0.6 is 0 Å². The van der Waals surface area contributed by atoms with Gasteiger partial charge in [-0.15, -0.1) is 0 Å². The molecular formula is C13H23NO2Si. The van der Waals surface area contributed by atoms with Crippen LogP contribution in [0.4, 0.5) is 5.69 Å². The smallest absolute Gasteiger partial charge is 0.222 e. The third-order valence-corrected chi connectivity index (χ3v) is 5.24. The monoisotopic (exact) mass is 253 g/mol. The zero-order chi connectivity index (χ0) is 13.3. The highest BCUT2D eigenvalue weighted by atomic mass is 28.4. The van der Waals surface area contributed by atoms with Crippen LogP contribution in [0, 0.1) is 0 Å². The minimum atomic E-state index is -2.02. The predicted molar refractivity (Wildman–Crippen MR) is 75.4 cm³/mol. The van der Waals surface area contributed by atoms with Crippen molar-refractivity contribution in [2.45, 2.75) is 39.5 Å². The van der Waals surface area contributed by atoms with Crippen molar-refractivity contribution in [1.29, 1.82) is 0 Å². The Morgan fingerprint density at radius 3 is 2.24 bits per heavy atom. The topological polar surface area (TPSA) is 44.5 Å². The van der Waals surface area contributed by atoms with Gasteiger partial charge in [-0.3, -0.25) is 0 Å². The lowest BCUT2D eigenvalue weighted by Crippen LogP contribution is -2.50. The maximum absolute atomic E-state index is 6.21. The molecule has 0 unspecified atom stereocenters. The molecular weight excluding hydrogens is 230 g/mol. The number of benzene rings is 1.